The molecular weight excluding hydrogens is 340 g/mol. The number of rotatable bonds is 5. The van der Waals surface area contributed by atoms with Crippen LogP contribution in [0.1, 0.15) is 17.1 Å². The summed E-state index contributed by atoms with van der Waals surface area (Å²) in [5.41, 5.74) is 5.18. The maximum absolute atomic E-state index is 11.9. The van der Waals surface area contributed by atoms with Crippen LogP contribution in [0.25, 0.3) is 11.3 Å². The van der Waals surface area contributed by atoms with E-state index < -0.39 is 0 Å². The number of hydrazone groups is 1. The third kappa shape index (κ3) is 4.36. The maximum Gasteiger partial charge on any atom is 0.261 e. The third-order valence-corrected chi connectivity index (χ3v) is 3.79. The molecule has 1 N–H and O–H groups in total. The summed E-state index contributed by atoms with van der Waals surface area (Å²) in [5.74, 6) is 0.982. The van der Waals surface area contributed by atoms with E-state index in [2.05, 4.69) is 15.6 Å². The number of aryl methyl sites for hydroxylation is 2. The molecule has 0 aliphatic rings. The lowest BCUT2D eigenvalue weighted by molar-refractivity contribution is -0.121. The summed E-state index contributed by atoms with van der Waals surface area (Å²) < 4.78 is 7.30. The number of nitrogens with zero attached hydrogens (tertiary/aromatic N) is 3. The van der Waals surface area contributed by atoms with Gasteiger partial charge in [0.2, 0.25) is 0 Å². The molecule has 0 aliphatic heterocycles. The molecule has 2 heterocycles. The van der Waals surface area contributed by atoms with Crippen molar-refractivity contribution in [2.24, 2.45) is 5.10 Å². The van der Waals surface area contributed by atoms with Crippen LogP contribution >= 0.6 is 11.6 Å². The number of aromatic nitrogens is 2. The van der Waals surface area contributed by atoms with Crippen LogP contribution in [-0.4, -0.2) is 21.9 Å². The number of nitrogens with one attached hydrogen (secondary N) is 1. The van der Waals surface area contributed by atoms with E-state index in [0.29, 0.717) is 16.5 Å². The van der Waals surface area contributed by atoms with Gasteiger partial charge in [-0.3, -0.25) is 9.48 Å². The molecule has 0 radical (unpaired) electrons. The molecular formula is C18H17ClN4O2. The predicted molar refractivity (Wildman–Crippen MR) is 96.6 cm³/mol. The number of carbonyl (C=O) groups excluding carboxylic acids is 1. The second-order valence-electron chi connectivity index (χ2n) is 5.59. The monoisotopic (exact) mass is 356 g/mol. The van der Waals surface area contributed by atoms with Gasteiger partial charge in [0.25, 0.3) is 5.91 Å². The molecule has 2 aromatic heterocycles. The number of amides is 1. The van der Waals surface area contributed by atoms with Crippen molar-refractivity contribution < 1.29 is 9.21 Å². The maximum atomic E-state index is 11.9. The summed E-state index contributed by atoms with van der Waals surface area (Å²) >= 11 is 5.87. The first-order valence-corrected chi connectivity index (χ1v) is 8.08. The summed E-state index contributed by atoms with van der Waals surface area (Å²) in [7, 11) is 0. The molecule has 0 aliphatic carbocycles. The van der Waals surface area contributed by atoms with E-state index in [9.17, 15) is 4.79 Å². The van der Waals surface area contributed by atoms with Crippen molar-refractivity contribution >= 4 is 23.7 Å². The van der Waals surface area contributed by atoms with Gasteiger partial charge in [-0.25, -0.2) is 5.43 Å². The molecule has 7 heteroatoms. The van der Waals surface area contributed by atoms with Crippen LogP contribution in [0.15, 0.2) is 52.0 Å². The lowest BCUT2D eigenvalue weighted by Crippen LogP contribution is -2.24. The van der Waals surface area contributed by atoms with Gasteiger partial charge in [0.15, 0.2) is 0 Å². The molecule has 1 aromatic carbocycles. The van der Waals surface area contributed by atoms with Gasteiger partial charge in [-0.2, -0.15) is 10.2 Å². The minimum Gasteiger partial charge on any atom is -0.455 e. The average molecular weight is 357 g/mol. The van der Waals surface area contributed by atoms with Gasteiger partial charge in [-0.05, 0) is 56.3 Å². The Hall–Kier alpha value is -2.86. The Morgan fingerprint density at radius 1 is 1.28 bits per heavy atom. The molecule has 3 rings (SSSR count). The SMILES string of the molecule is Cc1cc(C)n(CC(=O)N/N=C/c2ccc(-c3ccc(Cl)cc3)o2)n1. The Morgan fingerprint density at radius 3 is 2.72 bits per heavy atom. The van der Waals surface area contributed by atoms with Crippen molar-refractivity contribution in [1.82, 2.24) is 15.2 Å². The van der Waals surface area contributed by atoms with E-state index in [-0.39, 0.29) is 12.5 Å². The lowest BCUT2D eigenvalue weighted by atomic mass is 10.2. The summed E-state index contributed by atoms with van der Waals surface area (Å²) in [4.78, 5) is 11.9. The van der Waals surface area contributed by atoms with Gasteiger partial charge in [0.1, 0.15) is 18.1 Å². The summed E-state index contributed by atoms with van der Waals surface area (Å²) in [6.45, 7) is 3.90. The zero-order chi connectivity index (χ0) is 17.8. The molecule has 0 unspecified atom stereocenters. The standard InChI is InChI=1S/C18H17ClN4O2/c1-12-9-13(2)23(22-12)11-18(24)21-20-10-16-7-8-17(25-16)14-3-5-15(19)6-4-14/h3-10H,11H2,1-2H3,(H,21,24)/b20-10+. The van der Waals surface area contributed by atoms with Crippen molar-refractivity contribution in [3.05, 3.63) is 64.6 Å². The highest BCUT2D eigenvalue weighted by atomic mass is 35.5. The smallest absolute Gasteiger partial charge is 0.261 e. The first kappa shape index (κ1) is 17.0. The normalized spacial score (nSPS) is 11.2. The zero-order valence-corrected chi connectivity index (χ0v) is 14.6. The van der Waals surface area contributed by atoms with Crippen LogP contribution in [0.2, 0.25) is 5.02 Å². The van der Waals surface area contributed by atoms with Crippen LogP contribution < -0.4 is 5.43 Å². The first-order chi connectivity index (χ1) is 12.0. The Kier molecular flexibility index (Phi) is 5.00. The Morgan fingerprint density at radius 2 is 2.04 bits per heavy atom. The van der Waals surface area contributed by atoms with Crippen molar-refractivity contribution in [1.29, 1.82) is 0 Å². The number of hydrogen-bond donors (Lipinski definition) is 1. The Bertz CT molecular complexity index is 910. The van der Waals surface area contributed by atoms with E-state index >= 15 is 0 Å². The van der Waals surface area contributed by atoms with E-state index in [1.54, 1.807) is 22.9 Å². The number of hydrogen-bond acceptors (Lipinski definition) is 4. The van der Waals surface area contributed by atoms with Crippen LogP contribution in [-0.2, 0) is 11.3 Å². The molecule has 0 fully saturated rings. The molecule has 0 saturated carbocycles. The number of benzene rings is 1. The highest BCUT2D eigenvalue weighted by molar-refractivity contribution is 6.30. The highest BCUT2D eigenvalue weighted by Gasteiger charge is 2.06. The van der Waals surface area contributed by atoms with Gasteiger partial charge in [0, 0.05) is 16.3 Å². The number of halogens is 1. The fourth-order valence-electron chi connectivity index (χ4n) is 2.37. The van der Waals surface area contributed by atoms with Gasteiger partial charge in [-0.15, -0.1) is 0 Å². The van der Waals surface area contributed by atoms with E-state index in [1.807, 2.05) is 38.1 Å². The molecule has 0 spiro atoms. The third-order valence-electron chi connectivity index (χ3n) is 3.53. The van der Waals surface area contributed by atoms with E-state index in [0.717, 1.165) is 17.0 Å². The fraction of sp³-hybridized carbons (Fsp3) is 0.167. The molecule has 128 valence electrons. The summed E-state index contributed by atoms with van der Waals surface area (Å²) in [6.07, 6.45) is 1.46. The minimum absolute atomic E-state index is 0.116. The predicted octanol–water partition coefficient (Wildman–Crippen LogP) is 3.56. The second kappa shape index (κ2) is 7.36. The van der Waals surface area contributed by atoms with Crippen molar-refractivity contribution in [2.75, 3.05) is 0 Å². The van der Waals surface area contributed by atoms with Gasteiger partial charge >= 0.3 is 0 Å². The molecule has 25 heavy (non-hydrogen) atoms. The fourth-order valence-corrected chi connectivity index (χ4v) is 2.49. The van der Waals surface area contributed by atoms with Crippen molar-refractivity contribution in [2.45, 2.75) is 20.4 Å². The number of carbonyl (C=O) groups is 1. The van der Waals surface area contributed by atoms with Crippen molar-refractivity contribution in [3.63, 3.8) is 0 Å². The minimum atomic E-state index is -0.257. The molecule has 0 atom stereocenters. The largest absolute Gasteiger partial charge is 0.455 e. The first-order valence-electron chi connectivity index (χ1n) is 7.70. The van der Waals surface area contributed by atoms with E-state index in [4.69, 9.17) is 16.0 Å². The highest BCUT2D eigenvalue weighted by Crippen LogP contribution is 2.23. The zero-order valence-electron chi connectivity index (χ0n) is 13.9. The van der Waals surface area contributed by atoms with Crippen LogP contribution in [0.5, 0.6) is 0 Å². The van der Waals surface area contributed by atoms with Gasteiger partial charge in [-0.1, -0.05) is 11.6 Å². The van der Waals surface area contributed by atoms with Crippen LogP contribution in [0.3, 0.4) is 0 Å². The molecule has 1 amide bonds. The molecule has 0 saturated heterocycles. The van der Waals surface area contributed by atoms with Crippen molar-refractivity contribution in [3.8, 4) is 11.3 Å². The van der Waals surface area contributed by atoms with E-state index in [1.165, 1.54) is 6.21 Å². The molecule has 0 bridgehead atoms. The van der Waals surface area contributed by atoms with Crippen LogP contribution in [0, 0.1) is 13.8 Å². The Balaban J connectivity index is 1.58. The number of furan rings is 1. The summed E-state index contributed by atoms with van der Waals surface area (Å²) in [6, 6.07) is 12.9. The second-order valence-corrected chi connectivity index (χ2v) is 6.02. The quantitative estimate of drug-likeness (QED) is 0.561. The average Bonchev–Trinajstić information content (AvgIpc) is 3.15. The topological polar surface area (TPSA) is 72.4 Å². The Labute approximate surface area is 150 Å². The summed E-state index contributed by atoms with van der Waals surface area (Å²) in [5, 5.41) is 8.82. The lowest BCUT2D eigenvalue weighted by Gasteiger charge is -2.02. The van der Waals surface area contributed by atoms with Gasteiger partial charge in [0.05, 0.1) is 11.9 Å². The molecule has 6 nitrogen and oxygen atoms in total. The molecule has 3 aromatic rings. The van der Waals surface area contributed by atoms with Gasteiger partial charge < -0.3 is 4.42 Å². The van der Waals surface area contributed by atoms with Crippen LogP contribution in [0.4, 0.5) is 0 Å².